The Morgan fingerprint density at radius 1 is 0.909 bits per heavy atom. The Hall–Kier alpha value is -2.07. The van der Waals surface area contributed by atoms with Crippen LogP contribution in [0.3, 0.4) is 0 Å². The van der Waals surface area contributed by atoms with Gasteiger partial charge in [-0.15, -0.1) is 0 Å². The number of benzene rings is 1. The number of esters is 1. The van der Waals surface area contributed by atoms with Gasteiger partial charge in [-0.3, -0.25) is 0 Å². The number of carbonyl (C=O) groups excluding carboxylic acids is 1. The Balaban J connectivity index is 1.25. The zero-order valence-electron chi connectivity index (χ0n) is 28.6. The molecule has 242 valence electrons. The number of aliphatic hydroxyl groups excluding tert-OH is 1. The molecule has 6 rings (SSSR count). The number of aliphatic hydroxyl groups is 1. The van der Waals surface area contributed by atoms with E-state index in [2.05, 4.69) is 48.1 Å². The van der Waals surface area contributed by atoms with Crippen LogP contribution in [0.5, 0.6) is 5.75 Å². The monoisotopic (exact) mass is 602 g/mol. The fourth-order valence-corrected chi connectivity index (χ4v) is 12.7. The van der Waals surface area contributed by atoms with Crippen molar-refractivity contribution in [1.29, 1.82) is 0 Å². The van der Waals surface area contributed by atoms with Gasteiger partial charge in [-0.2, -0.15) is 0 Å². The predicted octanol–water partition coefficient (Wildman–Crippen LogP) is 9.27. The molecule has 0 spiro atoms. The highest BCUT2D eigenvalue weighted by molar-refractivity contribution is 5.87. The first-order valence-corrected chi connectivity index (χ1v) is 17.5. The molecule has 5 saturated carbocycles. The van der Waals surface area contributed by atoms with Gasteiger partial charge in [0.2, 0.25) is 0 Å². The van der Waals surface area contributed by atoms with E-state index in [1.54, 1.807) is 13.2 Å². The predicted molar refractivity (Wildman–Crippen MR) is 178 cm³/mol. The van der Waals surface area contributed by atoms with E-state index < -0.39 is 0 Å². The summed E-state index contributed by atoms with van der Waals surface area (Å²) in [6.45, 7) is 19.9. The molecule has 4 heteroatoms. The van der Waals surface area contributed by atoms with E-state index in [4.69, 9.17) is 9.47 Å². The smallest absolute Gasteiger partial charge is 0.330 e. The van der Waals surface area contributed by atoms with Gasteiger partial charge in [-0.05, 0) is 146 Å². The van der Waals surface area contributed by atoms with E-state index in [-0.39, 0.29) is 39.1 Å². The third-order valence-electron chi connectivity index (χ3n) is 15.2. The number of hydrogen-bond donors (Lipinski definition) is 1. The summed E-state index contributed by atoms with van der Waals surface area (Å²) in [6.07, 6.45) is 15.0. The number of methoxy groups -OCH3 is 1. The van der Waals surface area contributed by atoms with Gasteiger partial charge in [0.15, 0.2) is 0 Å². The van der Waals surface area contributed by atoms with Gasteiger partial charge in [0, 0.05) is 11.5 Å². The second kappa shape index (κ2) is 11.0. The number of fused-ring (bicyclic) bond motifs is 7. The van der Waals surface area contributed by atoms with Gasteiger partial charge in [0.1, 0.15) is 5.75 Å². The summed E-state index contributed by atoms with van der Waals surface area (Å²) in [6, 6.07) is 7.72. The average Bonchev–Trinajstić information content (AvgIpc) is 3.38. The fraction of sp³-hybridized carbons (Fsp3) is 0.725. The highest BCUT2D eigenvalue weighted by atomic mass is 16.5. The number of carbonyl (C=O) groups is 1. The second-order valence-corrected chi connectivity index (χ2v) is 17.1. The van der Waals surface area contributed by atoms with Crippen molar-refractivity contribution in [2.24, 2.45) is 56.7 Å². The van der Waals surface area contributed by atoms with Gasteiger partial charge in [-0.1, -0.05) is 58.9 Å². The number of allylic oxidation sites excluding steroid dienone is 1. The molecule has 0 saturated heterocycles. The van der Waals surface area contributed by atoms with E-state index in [1.165, 1.54) is 37.7 Å². The molecule has 0 unspecified atom stereocenters. The summed E-state index contributed by atoms with van der Waals surface area (Å²) in [5.41, 5.74) is 3.13. The van der Waals surface area contributed by atoms with Crippen molar-refractivity contribution >= 4 is 12.0 Å². The average molecular weight is 603 g/mol. The van der Waals surface area contributed by atoms with Crippen LogP contribution < -0.4 is 4.74 Å². The zero-order chi connectivity index (χ0) is 31.7. The Kier molecular flexibility index (Phi) is 7.99. The van der Waals surface area contributed by atoms with Crippen LogP contribution in [-0.4, -0.2) is 30.9 Å². The van der Waals surface area contributed by atoms with Crippen molar-refractivity contribution in [3.05, 3.63) is 48.1 Å². The molecule has 0 amide bonds. The maximum Gasteiger partial charge on any atom is 0.330 e. The number of rotatable bonds is 6. The van der Waals surface area contributed by atoms with Crippen LogP contribution in [0, 0.1) is 56.7 Å². The molecule has 0 heterocycles. The minimum absolute atomic E-state index is 0.0179. The molecule has 4 nitrogen and oxygen atoms in total. The van der Waals surface area contributed by atoms with Crippen molar-refractivity contribution in [3.8, 4) is 5.75 Å². The maximum atomic E-state index is 13.0. The number of hydrogen-bond acceptors (Lipinski definition) is 4. The molecule has 10 atom stereocenters. The highest BCUT2D eigenvalue weighted by Crippen LogP contribution is 2.77. The Morgan fingerprint density at radius 2 is 1.64 bits per heavy atom. The molecule has 0 aliphatic heterocycles. The topological polar surface area (TPSA) is 55.8 Å². The lowest BCUT2D eigenvalue weighted by Crippen LogP contribution is -2.66. The van der Waals surface area contributed by atoms with Crippen molar-refractivity contribution in [1.82, 2.24) is 0 Å². The molecule has 1 aromatic carbocycles. The van der Waals surface area contributed by atoms with E-state index in [9.17, 15) is 9.90 Å². The summed E-state index contributed by atoms with van der Waals surface area (Å²) >= 11 is 0. The van der Waals surface area contributed by atoms with Gasteiger partial charge in [0.25, 0.3) is 0 Å². The van der Waals surface area contributed by atoms with E-state index in [1.807, 2.05) is 30.3 Å². The van der Waals surface area contributed by atoms with Crippen LogP contribution in [0.2, 0.25) is 0 Å². The highest BCUT2D eigenvalue weighted by Gasteiger charge is 2.71. The molecule has 5 aliphatic carbocycles. The van der Waals surface area contributed by atoms with Crippen molar-refractivity contribution < 1.29 is 19.4 Å². The fourth-order valence-electron chi connectivity index (χ4n) is 12.7. The lowest BCUT2D eigenvalue weighted by molar-refractivity contribution is -0.249. The lowest BCUT2D eigenvalue weighted by atomic mass is 9.32. The summed E-state index contributed by atoms with van der Waals surface area (Å²) in [5, 5.41) is 11.0. The minimum atomic E-state index is -0.245. The minimum Gasteiger partial charge on any atom is -0.497 e. The first-order valence-electron chi connectivity index (χ1n) is 17.5. The van der Waals surface area contributed by atoms with Gasteiger partial charge in [0.05, 0.1) is 19.8 Å². The lowest BCUT2D eigenvalue weighted by Gasteiger charge is -2.73. The molecule has 0 radical (unpaired) electrons. The molecule has 1 aromatic rings. The van der Waals surface area contributed by atoms with E-state index >= 15 is 0 Å². The normalized spacial score (nSPS) is 44.2. The quantitative estimate of drug-likeness (QED) is 0.200. The molecular formula is C40H58O4. The summed E-state index contributed by atoms with van der Waals surface area (Å²) in [5.74, 6) is 3.48. The largest absolute Gasteiger partial charge is 0.497 e. The molecular weight excluding hydrogens is 544 g/mol. The van der Waals surface area contributed by atoms with Gasteiger partial charge >= 0.3 is 5.97 Å². The molecule has 0 bridgehead atoms. The van der Waals surface area contributed by atoms with Crippen LogP contribution in [0.15, 0.2) is 42.5 Å². The van der Waals surface area contributed by atoms with E-state index in [0.717, 1.165) is 43.4 Å². The standard InChI is InChI=1S/C40H58O4/c1-26(2)29-17-22-40(25-44-34(42)16-11-27-9-12-28(43-8)13-10-27)24-23-38(6)30(35(29)40)14-15-32-37(5)20-19-33(41)36(3,4)31(37)18-21-39(32,38)7/h9-13,16,29-33,35,41H,1,14-15,17-25H2,2-8H3/t29-,30-,31-,32+,33+,35+,37-,38-,39-,40+/m1/s1. The zero-order valence-corrected chi connectivity index (χ0v) is 28.6. The molecule has 44 heavy (non-hydrogen) atoms. The summed E-state index contributed by atoms with van der Waals surface area (Å²) in [4.78, 5) is 13.0. The SMILES string of the molecule is C=C(C)[C@H]1CC[C@@]2(COC(=O)C=Cc3ccc(OC)cc3)CC[C@]3(C)[C@H](CC[C@H]4[C@]5(C)CC[C@H](O)C(C)(C)[C@H]5CC[C@]43C)[C@H]12. The first kappa shape index (κ1) is 31.9. The Bertz CT molecular complexity index is 1290. The van der Waals surface area contributed by atoms with Crippen molar-refractivity contribution in [2.45, 2.75) is 112 Å². The summed E-state index contributed by atoms with van der Waals surface area (Å²) in [7, 11) is 1.66. The third-order valence-corrected chi connectivity index (χ3v) is 15.2. The van der Waals surface area contributed by atoms with Crippen molar-refractivity contribution in [3.63, 3.8) is 0 Å². The van der Waals surface area contributed by atoms with Crippen LogP contribution >= 0.6 is 0 Å². The van der Waals surface area contributed by atoms with Gasteiger partial charge in [-0.25, -0.2) is 4.79 Å². The van der Waals surface area contributed by atoms with E-state index in [0.29, 0.717) is 36.2 Å². The maximum absolute atomic E-state index is 13.0. The molecule has 1 N–H and O–H groups in total. The first-order chi connectivity index (χ1) is 20.7. The van der Waals surface area contributed by atoms with Crippen LogP contribution in [0.4, 0.5) is 0 Å². The van der Waals surface area contributed by atoms with Crippen LogP contribution in [-0.2, 0) is 9.53 Å². The number of ether oxygens (including phenoxy) is 2. The van der Waals surface area contributed by atoms with Crippen LogP contribution in [0.1, 0.15) is 111 Å². The Labute approximate surface area is 267 Å². The third kappa shape index (κ3) is 4.66. The van der Waals surface area contributed by atoms with Gasteiger partial charge < -0.3 is 14.6 Å². The van der Waals surface area contributed by atoms with Crippen LogP contribution in [0.25, 0.3) is 6.08 Å². The Morgan fingerprint density at radius 3 is 2.32 bits per heavy atom. The van der Waals surface area contributed by atoms with Crippen molar-refractivity contribution in [2.75, 3.05) is 13.7 Å². The summed E-state index contributed by atoms with van der Waals surface area (Å²) < 4.78 is 11.4. The molecule has 5 aliphatic rings. The molecule has 0 aromatic heterocycles. The molecule has 5 fully saturated rings. The second-order valence-electron chi connectivity index (χ2n) is 17.1.